The zero-order valence-corrected chi connectivity index (χ0v) is 15.7. The molecule has 138 valence electrons. The predicted octanol–water partition coefficient (Wildman–Crippen LogP) is 3.03. The molecule has 1 aliphatic rings. The number of thiophene rings is 1. The Morgan fingerprint density at radius 1 is 1.23 bits per heavy atom. The van der Waals surface area contributed by atoms with Crippen LogP contribution in [0.5, 0.6) is 0 Å². The van der Waals surface area contributed by atoms with Gasteiger partial charge >= 0.3 is 0 Å². The second kappa shape index (κ2) is 7.45. The average molecular weight is 375 g/mol. The number of likely N-dealkylation sites (tertiary alicyclic amines) is 1. The number of amides is 2. The lowest BCUT2D eigenvalue weighted by Crippen LogP contribution is -2.58. The molecule has 2 amide bonds. The van der Waals surface area contributed by atoms with Crippen LogP contribution in [0.2, 0.25) is 0 Å². The molecule has 0 bridgehead atoms. The summed E-state index contributed by atoms with van der Waals surface area (Å²) in [5.41, 5.74) is 0.674. The molecular weight excluding hydrogens is 353 g/mol. The van der Waals surface area contributed by atoms with Gasteiger partial charge in [0.25, 0.3) is 5.91 Å². The lowest BCUT2D eigenvalue weighted by Gasteiger charge is -2.41. The van der Waals surface area contributed by atoms with Crippen molar-refractivity contribution in [2.24, 2.45) is 0 Å². The van der Waals surface area contributed by atoms with Crippen LogP contribution in [-0.2, 0) is 4.79 Å². The van der Waals surface area contributed by atoms with Crippen LogP contribution in [0.25, 0.3) is 0 Å². The van der Waals surface area contributed by atoms with Gasteiger partial charge in [-0.05, 0) is 55.0 Å². The SMILES string of the molecule is CNC(=O)C1(Nc2cccc(F)c2)CCN(C(=O)c2sccc2C)CC1. The van der Waals surface area contributed by atoms with E-state index in [1.165, 1.54) is 23.5 Å². The molecule has 2 heterocycles. The molecule has 0 spiro atoms. The van der Waals surface area contributed by atoms with Crippen LogP contribution < -0.4 is 10.6 Å². The molecular formula is C19H22FN3O2S. The highest BCUT2D eigenvalue weighted by Gasteiger charge is 2.42. The van der Waals surface area contributed by atoms with Crippen molar-refractivity contribution in [1.82, 2.24) is 10.2 Å². The molecule has 7 heteroatoms. The van der Waals surface area contributed by atoms with E-state index in [0.717, 1.165) is 10.4 Å². The third kappa shape index (κ3) is 3.58. The average Bonchev–Trinajstić information content (AvgIpc) is 3.07. The van der Waals surface area contributed by atoms with Gasteiger partial charge in [0.2, 0.25) is 5.91 Å². The molecule has 0 radical (unpaired) electrons. The maximum atomic E-state index is 13.5. The summed E-state index contributed by atoms with van der Waals surface area (Å²) < 4.78 is 13.5. The van der Waals surface area contributed by atoms with Gasteiger partial charge in [-0.1, -0.05) is 6.07 Å². The third-order valence-electron chi connectivity index (χ3n) is 4.83. The maximum absolute atomic E-state index is 13.5. The van der Waals surface area contributed by atoms with Crippen molar-refractivity contribution in [3.8, 4) is 0 Å². The van der Waals surface area contributed by atoms with E-state index in [9.17, 15) is 14.0 Å². The lowest BCUT2D eigenvalue weighted by atomic mass is 9.85. The molecule has 2 aromatic rings. The van der Waals surface area contributed by atoms with Gasteiger partial charge in [-0.2, -0.15) is 0 Å². The minimum Gasteiger partial charge on any atom is -0.371 e. The smallest absolute Gasteiger partial charge is 0.264 e. The van der Waals surface area contributed by atoms with Gasteiger partial charge < -0.3 is 15.5 Å². The summed E-state index contributed by atoms with van der Waals surface area (Å²) >= 11 is 1.44. The summed E-state index contributed by atoms with van der Waals surface area (Å²) in [7, 11) is 1.59. The number of likely N-dealkylation sites (N-methyl/N-ethyl adjacent to an activating group) is 1. The minimum absolute atomic E-state index is 0.00811. The third-order valence-corrected chi connectivity index (χ3v) is 5.83. The van der Waals surface area contributed by atoms with Crippen LogP contribution in [0.1, 0.15) is 28.1 Å². The van der Waals surface area contributed by atoms with Crippen molar-refractivity contribution < 1.29 is 14.0 Å². The molecule has 0 unspecified atom stereocenters. The second-order valence-electron chi connectivity index (χ2n) is 6.52. The Balaban J connectivity index is 1.76. The van der Waals surface area contributed by atoms with Crippen LogP contribution in [0.15, 0.2) is 35.7 Å². The summed E-state index contributed by atoms with van der Waals surface area (Å²) in [4.78, 5) is 27.8. The number of nitrogens with zero attached hydrogens (tertiary/aromatic N) is 1. The summed E-state index contributed by atoms with van der Waals surface area (Å²) in [5.74, 6) is -0.502. The molecule has 0 aliphatic carbocycles. The van der Waals surface area contributed by atoms with Crippen molar-refractivity contribution in [3.63, 3.8) is 0 Å². The molecule has 1 fully saturated rings. The number of benzene rings is 1. The number of hydrogen-bond acceptors (Lipinski definition) is 4. The van der Waals surface area contributed by atoms with Crippen molar-refractivity contribution in [2.75, 3.05) is 25.5 Å². The molecule has 1 aliphatic heterocycles. The molecule has 1 aromatic heterocycles. The van der Waals surface area contributed by atoms with Crippen LogP contribution >= 0.6 is 11.3 Å². The molecule has 1 saturated heterocycles. The summed E-state index contributed by atoms with van der Waals surface area (Å²) in [6.45, 7) is 2.85. The topological polar surface area (TPSA) is 61.4 Å². The summed E-state index contributed by atoms with van der Waals surface area (Å²) in [5, 5.41) is 7.81. The Morgan fingerprint density at radius 2 is 1.96 bits per heavy atom. The number of rotatable bonds is 4. The number of aryl methyl sites for hydroxylation is 1. The first-order valence-corrected chi connectivity index (χ1v) is 9.42. The lowest BCUT2D eigenvalue weighted by molar-refractivity contribution is -0.126. The van der Waals surface area contributed by atoms with Gasteiger partial charge in [-0.25, -0.2) is 4.39 Å². The number of anilines is 1. The first-order valence-electron chi connectivity index (χ1n) is 8.54. The van der Waals surface area contributed by atoms with Gasteiger partial charge in [0.1, 0.15) is 11.4 Å². The largest absolute Gasteiger partial charge is 0.371 e. The fraction of sp³-hybridized carbons (Fsp3) is 0.368. The fourth-order valence-corrected chi connectivity index (χ4v) is 4.21. The Kier molecular flexibility index (Phi) is 5.27. The van der Waals surface area contributed by atoms with E-state index >= 15 is 0 Å². The molecule has 26 heavy (non-hydrogen) atoms. The van der Waals surface area contributed by atoms with E-state index < -0.39 is 5.54 Å². The Hall–Kier alpha value is -2.41. The number of carbonyl (C=O) groups excluding carboxylic acids is 2. The van der Waals surface area contributed by atoms with Gasteiger partial charge in [-0.3, -0.25) is 9.59 Å². The second-order valence-corrected chi connectivity index (χ2v) is 7.44. The van der Waals surface area contributed by atoms with Crippen molar-refractivity contribution in [1.29, 1.82) is 0 Å². The van der Waals surface area contributed by atoms with E-state index in [1.807, 2.05) is 18.4 Å². The number of carbonyl (C=O) groups is 2. The highest BCUT2D eigenvalue weighted by molar-refractivity contribution is 7.12. The van der Waals surface area contributed by atoms with Gasteiger partial charge in [-0.15, -0.1) is 11.3 Å². The summed E-state index contributed by atoms with van der Waals surface area (Å²) in [6.07, 6.45) is 0.915. The normalized spacial score (nSPS) is 16.2. The zero-order chi connectivity index (χ0) is 18.7. The van der Waals surface area contributed by atoms with Crippen LogP contribution in [0.3, 0.4) is 0 Å². The van der Waals surface area contributed by atoms with Gasteiger partial charge in [0.05, 0.1) is 4.88 Å². The standard InChI is InChI=1S/C19H22FN3O2S/c1-13-6-11-26-16(13)17(24)23-9-7-19(8-10-23,18(25)21-2)22-15-5-3-4-14(20)12-15/h3-6,11-12,22H,7-10H2,1-2H3,(H,21,25). The number of halogens is 1. The van der Waals surface area contributed by atoms with Gasteiger partial charge in [0.15, 0.2) is 0 Å². The van der Waals surface area contributed by atoms with E-state index in [-0.39, 0.29) is 17.6 Å². The first-order chi connectivity index (χ1) is 12.4. The molecule has 2 N–H and O–H groups in total. The molecule has 0 saturated carbocycles. The highest BCUT2D eigenvalue weighted by atomic mass is 32.1. The van der Waals surface area contributed by atoms with E-state index in [0.29, 0.717) is 31.6 Å². The van der Waals surface area contributed by atoms with Crippen molar-refractivity contribution in [2.45, 2.75) is 25.3 Å². The van der Waals surface area contributed by atoms with Crippen LogP contribution in [0, 0.1) is 12.7 Å². The maximum Gasteiger partial charge on any atom is 0.264 e. The number of hydrogen-bond donors (Lipinski definition) is 2. The zero-order valence-electron chi connectivity index (χ0n) is 14.8. The number of piperidine rings is 1. The van der Waals surface area contributed by atoms with Crippen molar-refractivity contribution in [3.05, 3.63) is 52.0 Å². The Bertz CT molecular complexity index is 813. The fourth-order valence-electron chi connectivity index (χ4n) is 3.32. The van der Waals surface area contributed by atoms with E-state index in [4.69, 9.17) is 0 Å². The molecule has 0 atom stereocenters. The van der Waals surface area contributed by atoms with E-state index in [2.05, 4.69) is 10.6 Å². The highest BCUT2D eigenvalue weighted by Crippen LogP contribution is 2.29. The first kappa shape index (κ1) is 18.4. The number of nitrogens with one attached hydrogen (secondary N) is 2. The van der Waals surface area contributed by atoms with Crippen LogP contribution in [0.4, 0.5) is 10.1 Å². The Morgan fingerprint density at radius 3 is 2.54 bits per heavy atom. The molecule has 5 nitrogen and oxygen atoms in total. The molecule has 1 aromatic carbocycles. The quantitative estimate of drug-likeness (QED) is 0.864. The predicted molar refractivity (Wildman–Crippen MR) is 101 cm³/mol. The van der Waals surface area contributed by atoms with Gasteiger partial charge in [0, 0.05) is 25.8 Å². The van der Waals surface area contributed by atoms with Crippen LogP contribution in [-0.4, -0.2) is 42.4 Å². The molecule has 3 rings (SSSR count). The Labute approximate surface area is 156 Å². The van der Waals surface area contributed by atoms with E-state index in [1.54, 1.807) is 24.1 Å². The van der Waals surface area contributed by atoms with Crippen molar-refractivity contribution >= 4 is 28.8 Å². The minimum atomic E-state index is -0.857. The summed E-state index contributed by atoms with van der Waals surface area (Å²) in [6, 6.07) is 8.01. The monoisotopic (exact) mass is 375 g/mol.